The van der Waals surface area contributed by atoms with Crippen LogP contribution in [0.5, 0.6) is 0 Å². The zero-order valence-corrected chi connectivity index (χ0v) is 8.96. The Morgan fingerprint density at radius 1 is 1.20 bits per heavy atom. The molecule has 1 saturated carbocycles. The molecular weight excluding hydrogens is 200 g/mol. The van der Waals surface area contributed by atoms with Crippen molar-refractivity contribution in [3.63, 3.8) is 0 Å². The summed E-state index contributed by atoms with van der Waals surface area (Å²) in [6, 6.07) is 0. The molecule has 1 atom stereocenters. The van der Waals surface area contributed by atoms with E-state index in [1.807, 2.05) is 0 Å². The Bertz CT molecular complexity index is 215. The van der Waals surface area contributed by atoms with Crippen LogP contribution in [0.1, 0.15) is 32.1 Å². The highest BCUT2D eigenvalue weighted by Crippen LogP contribution is 2.42. The van der Waals surface area contributed by atoms with Crippen molar-refractivity contribution in [2.75, 3.05) is 19.6 Å². The Kier molecular flexibility index (Phi) is 3.26. The number of halogens is 2. The summed E-state index contributed by atoms with van der Waals surface area (Å²) in [6.07, 6.45) is 2.58. The second-order valence-electron chi connectivity index (χ2n) is 5.02. The average molecular weight is 219 g/mol. The maximum Gasteiger partial charge on any atom is 0.248 e. The largest absolute Gasteiger partial charge is 0.393 e. The highest BCUT2D eigenvalue weighted by molar-refractivity contribution is 4.88. The van der Waals surface area contributed by atoms with Gasteiger partial charge in [-0.2, -0.15) is 0 Å². The van der Waals surface area contributed by atoms with Crippen molar-refractivity contribution in [1.29, 1.82) is 0 Å². The molecule has 1 aliphatic heterocycles. The SMILES string of the molecule is OC1CCCN(CC2CC(F)(F)C2)CC1. The minimum absolute atomic E-state index is 0.0616. The lowest BCUT2D eigenvalue weighted by atomic mass is 9.81. The average Bonchev–Trinajstić information content (AvgIpc) is 2.28. The minimum atomic E-state index is -2.39. The standard InChI is InChI=1S/C11H19F2NO/c12-11(13)6-9(7-11)8-14-4-1-2-10(15)3-5-14/h9-10,15H,1-8H2. The first kappa shape index (κ1) is 11.3. The Labute approximate surface area is 89.3 Å². The summed E-state index contributed by atoms with van der Waals surface area (Å²) in [6.45, 7) is 2.62. The lowest BCUT2D eigenvalue weighted by Gasteiger charge is -2.38. The molecule has 1 unspecified atom stereocenters. The van der Waals surface area contributed by atoms with Crippen molar-refractivity contribution in [3.05, 3.63) is 0 Å². The van der Waals surface area contributed by atoms with Gasteiger partial charge in [-0.25, -0.2) is 8.78 Å². The van der Waals surface area contributed by atoms with E-state index in [1.54, 1.807) is 0 Å². The van der Waals surface area contributed by atoms with E-state index in [1.165, 1.54) is 0 Å². The van der Waals surface area contributed by atoms with Crippen LogP contribution >= 0.6 is 0 Å². The number of hydrogen-bond donors (Lipinski definition) is 1. The number of aliphatic hydroxyl groups excluding tert-OH is 1. The van der Waals surface area contributed by atoms with Crippen LogP contribution < -0.4 is 0 Å². The molecule has 0 radical (unpaired) electrons. The van der Waals surface area contributed by atoms with E-state index < -0.39 is 5.92 Å². The Hall–Kier alpha value is -0.220. The Balaban J connectivity index is 1.71. The molecule has 4 heteroatoms. The molecule has 0 spiro atoms. The summed E-state index contributed by atoms with van der Waals surface area (Å²) in [5.74, 6) is -2.22. The molecule has 0 aromatic heterocycles. The van der Waals surface area contributed by atoms with Gasteiger partial charge in [0.2, 0.25) is 5.92 Å². The van der Waals surface area contributed by atoms with Crippen LogP contribution in [0.4, 0.5) is 8.78 Å². The molecule has 2 rings (SSSR count). The summed E-state index contributed by atoms with van der Waals surface area (Å²) in [5, 5.41) is 9.45. The topological polar surface area (TPSA) is 23.5 Å². The quantitative estimate of drug-likeness (QED) is 0.766. The molecule has 0 amide bonds. The minimum Gasteiger partial charge on any atom is -0.393 e. The third kappa shape index (κ3) is 3.11. The third-order valence-corrected chi connectivity index (χ3v) is 3.48. The van der Waals surface area contributed by atoms with Crippen molar-refractivity contribution in [2.45, 2.75) is 44.1 Å². The van der Waals surface area contributed by atoms with Crippen LogP contribution in [-0.4, -0.2) is 41.7 Å². The van der Waals surface area contributed by atoms with Crippen molar-refractivity contribution in [3.8, 4) is 0 Å². The first-order valence-electron chi connectivity index (χ1n) is 5.83. The fraction of sp³-hybridized carbons (Fsp3) is 1.00. The van der Waals surface area contributed by atoms with E-state index in [9.17, 15) is 13.9 Å². The number of likely N-dealkylation sites (tertiary alicyclic amines) is 1. The molecule has 1 saturated heterocycles. The molecule has 88 valence electrons. The summed E-state index contributed by atoms with van der Waals surface area (Å²) < 4.78 is 25.3. The molecule has 2 fully saturated rings. The van der Waals surface area contributed by atoms with Crippen LogP contribution in [-0.2, 0) is 0 Å². The van der Waals surface area contributed by atoms with Crippen LogP contribution in [0.25, 0.3) is 0 Å². The summed E-state index contributed by atoms with van der Waals surface area (Å²) >= 11 is 0. The summed E-state index contributed by atoms with van der Waals surface area (Å²) in [5.41, 5.74) is 0. The molecular formula is C11H19F2NO. The van der Waals surface area contributed by atoms with Gasteiger partial charge in [-0.05, 0) is 31.7 Å². The van der Waals surface area contributed by atoms with Crippen molar-refractivity contribution >= 4 is 0 Å². The lowest BCUT2D eigenvalue weighted by molar-refractivity contribution is -0.116. The summed E-state index contributed by atoms with van der Waals surface area (Å²) in [4.78, 5) is 2.23. The maximum atomic E-state index is 12.6. The van der Waals surface area contributed by atoms with Gasteiger partial charge in [0.15, 0.2) is 0 Å². The normalized spacial score (nSPS) is 33.4. The van der Waals surface area contributed by atoms with E-state index in [4.69, 9.17) is 0 Å². The highest BCUT2D eigenvalue weighted by Gasteiger charge is 2.45. The molecule has 1 aliphatic carbocycles. The van der Waals surface area contributed by atoms with Gasteiger partial charge in [-0.15, -0.1) is 0 Å². The third-order valence-electron chi connectivity index (χ3n) is 3.48. The number of alkyl halides is 2. The fourth-order valence-corrected chi connectivity index (χ4v) is 2.60. The van der Waals surface area contributed by atoms with E-state index in [2.05, 4.69) is 4.90 Å². The van der Waals surface area contributed by atoms with Crippen LogP contribution in [0.2, 0.25) is 0 Å². The van der Waals surface area contributed by atoms with Crippen LogP contribution in [0.3, 0.4) is 0 Å². The van der Waals surface area contributed by atoms with Crippen molar-refractivity contribution in [1.82, 2.24) is 4.90 Å². The predicted octanol–water partition coefficient (Wildman–Crippen LogP) is 1.88. The van der Waals surface area contributed by atoms with Crippen LogP contribution in [0, 0.1) is 5.92 Å². The second kappa shape index (κ2) is 4.34. The van der Waals surface area contributed by atoms with Gasteiger partial charge in [0.25, 0.3) is 0 Å². The number of aliphatic hydroxyl groups is 1. The maximum absolute atomic E-state index is 12.6. The molecule has 15 heavy (non-hydrogen) atoms. The Morgan fingerprint density at radius 3 is 2.60 bits per heavy atom. The zero-order valence-electron chi connectivity index (χ0n) is 8.96. The molecule has 1 heterocycles. The molecule has 0 aromatic rings. The van der Waals surface area contributed by atoms with E-state index >= 15 is 0 Å². The molecule has 0 bridgehead atoms. The smallest absolute Gasteiger partial charge is 0.248 e. The first-order chi connectivity index (χ1) is 7.05. The molecule has 1 N–H and O–H groups in total. The van der Waals surface area contributed by atoms with Crippen molar-refractivity contribution < 1.29 is 13.9 Å². The predicted molar refractivity (Wildman–Crippen MR) is 54.0 cm³/mol. The number of rotatable bonds is 2. The van der Waals surface area contributed by atoms with Gasteiger partial charge in [0.1, 0.15) is 0 Å². The lowest BCUT2D eigenvalue weighted by Crippen LogP contribution is -2.42. The van der Waals surface area contributed by atoms with Gasteiger partial charge in [-0.1, -0.05) is 0 Å². The van der Waals surface area contributed by atoms with Gasteiger partial charge in [0, 0.05) is 25.9 Å². The Morgan fingerprint density at radius 2 is 1.93 bits per heavy atom. The van der Waals surface area contributed by atoms with Crippen LogP contribution in [0.15, 0.2) is 0 Å². The van der Waals surface area contributed by atoms with Gasteiger partial charge < -0.3 is 10.0 Å². The summed E-state index contributed by atoms with van der Waals surface area (Å²) in [7, 11) is 0. The fourth-order valence-electron chi connectivity index (χ4n) is 2.60. The van der Waals surface area contributed by atoms with Crippen molar-refractivity contribution in [2.24, 2.45) is 5.92 Å². The monoisotopic (exact) mass is 219 g/mol. The zero-order chi connectivity index (χ0) is 10.9. The van der Waals surface area contributed by atoms with Gasteiger partial charge in [0.05, 0.1) is 6.10 Å². The molecule has 2 nitrogen and oxygen atoms in total. The molecule has 0 aromatic carbocycles. The van der Waals surface area contributed by atoms with E-state index in [0.717, 1.165) is 38.9 Å². The molecule has 2 aliphatic rings. The van der Waals surface area contributed by atoms with E-state index in [-0.39, 0.29) is 24.9 Å². The van der Waals surface area contributed by atoms with Gasteiger partial charge in [-0.3, -0.25) is 0 Å². The first-order valence-corrected chi connectivity index (χ1v) is 5.83. The second-order valence-corrected chi connectivity index (χ2v) is 5.02. The number of hydrogen-bond acceptors (Lipinski definition) is 2. The number of nitrogens with zero attached hydrogens (tertiary/aromatic N) is 1. The van der Waals surface area contributed by atoms with E-state index in [0.29, 0.717) is 0 Å². The highest BCUT2D eigenvalue weighted by atomic mass is 19.3. The van der Waals surface area contributed by atoms with Gasteiger partial charge >= 0.3 is 0 Å².